The summed E-state index contributed by atoms with van der Waals surface area (Å²) in [6.07, 6.45) is 3.26. The molecule has 0 spiro atoms. The van der Waals surface area contributed by atoms with E-state index in [1.165, 1.54) is 0 Å². The van der Waals surface area contributed by atoms with Crippen LogP contribution in [0.15, 0.2) is 48.7 Å². The molecule has 2 aliphatic heterocycles. The Kier molecular flexibility index (Phi) is 6.29. The molecule has 31 heavy (non-hydrogen) atoms. The summed E-state index contributed by atoms with van der Waals surface area (Å²) in [5.41, 5.74) is 1.74. The summed E-state index contributed by atoms with van der Waals surface area (Å²) in [7, 11) is -3.45. The van der Waals surface area contributed by atoms with Gasteiger partial charge in [0.15, 0.2) is 0 Å². The van der Waals surface area contributed by atoms with Crippen molar-refractivity contribution in [3.05, 3.63) is 59.8 Å². The topological polar surface area (TPSA) is 73.8 Å². The summed E-state index contributed by atoms with van der Waals surface area (Å²) in [6.45, 7) is 6.81. The average Bonchev–Trinajstić information content (AvgIpc) is 2.77. The lowest BCUT2D eigenvalue weighted by Crippen LogP contribution is -2.48. The van der Waals surface area contributed by atoms with E-state index < -0.39 is 15.3 Å². The van der Waals surface area contributed by atoms with Gasteiger partial charge >= 0.3 is 0 Å². The number of benzene rings is 1. The van der Waals surface area contributed by atoms with E-state index in [2.05, 4.69) is 9.88 Å². The van der Waals surface area contributed by atoms with Crippen molar-refractivity contribution in [3.63, 3.8) is 0 Å². The van der Waals surface area contributed by atoms with Crippen molar-refractivity contribution in [2.24, 2.45) is 0 Å². The van der Waals surface area contributed by atoms with Gasteiger partial charge in [-0.2, -0.15) is 4.31 Å². The summed E-state index contributed by atoms with van der Waals surface area (Å²) in [5.74, 6) is 0.970. The lowest BCUT2D eigenvalue weighted by Gasteiger charge is -2.37. The Hall–Kier alpha value is -2.45. The molecule has 0 bridgehead atoms. The van der Waals surface area contributed by atoms with Crippen LogP contribution in [0.2, 0.25) is 0 Å². The molecule has 4 rings (SSSR count). The van der Waals surface area contributed by atoms with E-state index in [0.717, 1.165) is 36.5 Å². The van der Waals surface area contributed by atoms with Crippen molar-refractivity contribution in [2.45, 2.75) is 44.5 Å². The Morgan fingerprint density at radius 2 is 1.74 bits per heavy atom. The van der Waals surface area contributed by atoms with Gasteiger partial charge in [0, 0.05) is 51.9 Å². The Bertz CT molecular complexity index is 1000. The zero-order valence-corrected chi connectivity index (χ0v) is 19.0. The van der Waals surface area contributed by atoms with Crippen LogP contribution in [-0.2, 0) is 21.4 Å². The highest BCUT2D eigenvalue weighted by Gasteiger charge is 2.40. The molecule has 7 nitrogen and oxygen atoms in total. The second-order valence-electron chi connectivity index (χ2n) is 8.43. The lowest BCUT2D eigenvalue weighted by atomic mass is 10.0. The molecule has 2 aromatic rings. The molecule has 1 aromatic carbocycles. The second kappa shape index (κ2) is 8.96. The fourth-order valence-electron chi connectivity index (χ4n) is 4.48. The van der Waals surface area contributed by atoms with Gasteiger partial charge in [-0.3, -0.25) is 4.79 Å². The highest BCUT2D eigenvalue weighted by molar-refractivity contribution is 7.89. The number of pyridine rings is 1. The Balaban J connectivity index is 1.46. The molecule has 0 N–H and O–H groups in total. The number of carbonyl (C=O) groups is 1. The molecular weight excluding hydrogens is 412 g/mol. The predicted octanol–water partition coefficient (Wildman–Crippen LogP) is 2.81. The fourth-order valence-corrected chi connectivity index (χ4v) is 6.68. The summed E-state index contributed by atoms with van der Waals surface area (Å²) < 4.78 is 28.4. The minimum atomic E-state index is -3.45. The van der Waals surface area contributed by atoms with Crippen LogP contribution in [0.1, 0.15) is 43.1 Å². The molecule has 166 valence electrons. The maximum atomic E-state index is 13.4. The van der Waals surface area contributed by atoms with E-state index in [9.17, 15) is 13.2 Å². The minimum Gasteiger partial charge on any atom is -0.353 e. The Labute approximate surface area is 184 Å². The number of amides is 1. The quantitative estimate of drug-likeness (QED) is 0.728. The summed E-state index contributed by atoms with van der Waals surface area (Å²) in [4.78, 5) is 20.1. The van der Waals surface area contributed by atoms with Crippen molar-refractivity contribution < 1.29 is 13.2 Å². The second-order valence-corrected chi connectivity index (χ2v) is 10.5. The molecule has 8 heteroatoms. The van der Waals surface area contributed by atoms with E-state index >= 15 is 0 Å². The van der Waals surface area contributed by atoms with Crippen LogP contribution in [0.4, 0.5) is 5.82 Å². The van der Waals surface area contributed by atoms with Crippen molar-refractivity contribution in [3.8, 4) is 0 Å². The molecule has 1 aromatic heterocycles. The van der Waals surface area contributed by atoms with E-state index in [4.69, 9.17) is 0 Å². The number of hydrogen-bond acceptors (Lipinski definition) is 5. The standard InChI is InChI=1S/C23H30N4O3S/c1-18-8-10-22(21-6-4-3-5-7-21)31(29,30)27(18)17-20-9-11-23(24-16-20)26-14-12-25(13-15-26)19(2)28/h3-7,9,11,16,18,22H,8,10,12-15,17H2,1-2H3/t18-,22?/m0/s1. The van der Waals surface area contributed by atoms with E-state index in [1.807, 2.05) is 54.3 Å². The van der Waals surface area contributed by atoms with Crippen LogP contribution in [0, 0.1) is 0 Å². The number of nitrogens with zero attached hydrogens (tertiary/aromatic N) is 4. The van der Waals surface area contributed by atoms with Crippen molar-refractivity contribution >= 4 is 21.7 Å². The number of hydrogen-bond donors (Lipinski definition) is 0. The van der Waals surface area contributed by atoms with Crippen molar-refractivity contribution in [1.82, 2.24) is 14.2 Å². The van der Waals surface area contributed by atoms with E-state index in [1.54, 1.807) is 17.4 Å². The highest BCUT2D eigenvalue weighted by Crippen LogP contribution is 2.38. The lowest BCUT2D eigenvalue weighted by molar-refractivity contribution is -0.129. The minimum absolute atomic E-state index is 0.0377. The van der Waals surface area contributed by atoms with Gasteiger partial charge in [0.2, 0.25) is 15.9 Å². The average molecular weight is 443 g/mol. The van der Waals surface area contributed by atoms with Crippen LogP contribution in [-0.4, -0.2) is 60.7 Å². The summed E-state index contributed by atoms with van der Waals surface area (Å²) in [5, 5.41) is -0.491. The maximum Gasteiger partial charge on any atom is 0.221 e. The normalized spacial score (nSPS) is 24.2. The van der Waals surface area contributed by atoms with Crippen LogP contribution < -0.4 is 4.90 Å². The van der Waals surface area contributed by atoms with Crippen LogP contribution >= 0.6 is 0 Å². The third-order valence-electron chi connectivity index (χ3n) is 6.39. The molecule has 1 amide bonds. The van der Waals surface area contributed by atoms with E-state index in [0.29, 0.717) is 26.1 Å². The smallest absolute Gasteiger partial charge is 0.221 e. The first-order chi connectivity index (χ1) is 14.9. The SMILES string of the molecule is CC(=O)N1CCN(c2ccc(CN3[C@@H](C)CCC(c4ccccc4)S3(=O)=O)cn2)CC1. The molecule has 0 saturated carbocycles. The number of carbonyl (C=O) groups excluding carboxylic acids is 1. The number of sulfonamides is 1. The summed E-state index contributed by atoms with van der Waals surface area (Å²) in [6, 6.07) is 13.4. The van der Waals surface area contributed by atoms with E-state index in [-0.39, 0.29) is 11.9 Å². The Morgan fingerprint density at radius 1 is 1.03 bits per heavy atom. The Morgan fingerprint density at radius 3 is 2.35 bits per heavy atom. The first-order valence-corrected chi connectivity index (χ1v) is 12.4. The first kappa shape index (κ1) is 21.8. The monoisotopic (exact) mass is 442 g/mol. The molecule has 2 fully saturated rings. The van der Waals surface area contributed by atoms with Gasteiger partial charge in [0.1, 0.15) is 11.1 Å². The third-order valence-corrected chi connectivity index (χ3v) is 8.76. The van der Waals surface area contributed by atoms with Gasteiger partial charge in [-0.15, -0.1) is 0 Å². The number of aromatic nitrogens is 1. The molecule has 2 atom stereocenters. The largest absolute Gasteiger partial charge is 0.353 e. The molecule has 0 radical (unpaired) electrons. The molecule has 0 aliphatic carbocycles. The predicted molar refractivity (Wildman–Crippen MR) is 121 cm³/mol. The van der Waals surface area contributed by atoms with Gasteiger partial charge in [-0.1, -0.05) is 36.4 Å². The highest BCUT2D eigenvalue weighted by atomic mass is 32.2. The van der Waals surface area contributed by atoms with Crippen molar-refractivity contribution in [2.75, 3.05) is 31.1 Å². The van der Waals surface area contributed by atoms with Gasteiger partial charge in [0.05, 0.1) is 0 Å². The third kappa shape index (κ3) is 4.60. The molecular formula is C23H30N4O3S. The zero-order valence-electron chi connectivity index (χ0n) is 18.1. The molecule has 1 unspecified atom stereocenters. The molecule has 3 heterocycles. The van der Waals surface area contributed by atoms with Gasteiger partial charge in [0.25, 0.3) is 0 Å². The van der Waals surface area contributed by atoms with Crippen molar-refractivity contribution in [1.29, 1.82) is 0 Å². The zero-order chi connectivity index (χ0) is 22.0. The number of rotatable bonds is 4. The number of piperazine rings is 1. The van der Waals surface area contributed by atoms with Gasteiger partial charge in [-0.25, -0.2) is 13.4 Å². The van der Waals surface area contributed by atoms with Crippen LogP contribution in [0.3, 0.4) is 0 Å². The molecule has 2 aliphatic rings. The maximum absolute atomic E-state index is 13.4. The molecule has 2 saturated heterocycles. The van der Waals surface area contributed by atoms with Crippen LogP contribution in [0.25, 0.3) is 0 Å². The van der Waals surface area contributed by atoms with Gasteiger partial charge < -0.3 is 9.80 Å². The summed E-state index contributed by atoms with van der Waals surface area (Å²) >= 11 is 0. The number of anilines is 1. The van der Waals surface area contributed by atoms with Crippen LogP contribution in [0.5, 0.6) is 0 Å². The first-order valence-electron chi connectivity index (χ1n) is 10.9. The fraction of sp³-hybridized carbons (Fsp3) is 0.478. The van der Waals surface area contributed by atoms with Gasteiger partial charge in [-0.05, 0) is 37.0 Å².